The predicted octanol–water partition coefficient (Wildman–Crippen LogP) is 1.74. The molecular weight excluding hydrogens is 322 g/mol. The number of ether oxygens (including phenoxy) is 2. The zero-order chi connectivity index (χ0) is 18.2. The Bertz CT molecular complexity index is 688. The molecule has 1 atom stereocenters. The van der Waals surface area contributed by atoms with Gasteiger partial charge in [0.25, 0.3) is 0 Å². The van der Waals surface area contributed by atoms with Crippen LogP contribution in [-0.4, -0.2) is 53.1 Å². The molecule has 0 spiro atoms. The number of aryl methyl sites for hydroxylation is 1. The van der Waals surface area contributed by atoms with E-state index in [1.807, 2.05) is 31.2 Å². The van der Waals surface area contributed by atoms with E-state index in [1.165, 1.54) is 6.33 Å². The first-order valence-corrected chi connectivity index (χ1v) is 8.06. The topological polar surface area (TPSA) is 81.5 Å². The van der Waals surface area contributed by atoms with E-state index in [0.29, 0.717) is 25.5 Å². The summed E-state index contributed by atoms with van der Waals surface area (Å²) in [5.41, 5.74) is 0.983. The summed E-state index contributed by atoms with van der Waals surface area (Å²) in [5.74, 6) is 1.46. The molecule has 2 rings (SSSR count). The number of rotatable bonds is 8. The lowest BCUT2D eigenvalue weighted by molar-refractivity contribution is 0.144. The smallest absolute Gasteiger partial charge is 0.318 e. The van der Waals surface area contributed by atoms with Crippen LogP contribution in [0.5, 0.6) is 5.75 Å². The van der Waals surface area contributed by atoms with Gasteiger partial charge in [-0.1, -0.05) is 12.1 Å². The Labute approximate surface area is 147 Å². The minimum atomic E-state index is -0.254. The lowest BCUT2D eigenvalue weighted by Gasteiger charge is -2.25. The third-order valence-electron chi connectivity index (χ3n) is 3.83. The van der Waals surface area contributed by atoms with Crippen LogP contribution in [0.2, 0.25) is 0 Å². The third-order valence-corrected chi connectivity index (χ3v) is 3.83. The summed E-state index contributed by atoms with van der Waals surface area (Å²) in [4.78, 5) is 18.6. The lowest BCUT2D eigenvalue weighted by Crippen LogP contribution is -2.42. The molecule has 0 aliphatic carbocycles. The van der Waals surface area contributed by atoms with Gasteiger partial charge in [0, 0.05) is 27.2 Å². The molecule has 25 heavy (non-hydrogen) atoms. The molecule has 1 aromatic carbocycles. The maximum atomic E-state index is 12.7. The summed E-state index contributed by atoms with van der Waals surface area (Å²) < 4.78 is 12.0. The molecule has 0 bridgehead atoms. The second-order valence-corrected chi connectivity index (χ2v) is 5.68. The summed E-state index contributed by atoms with van der Waals surface area (Å²) >= 11 is 0. The number of carbonyl (C=O) groups is 1. The Balaban J connectivity index is 2.07. The monoisotopic (exact) mass is 347 g/mol. The van der Waals surface area contributed by atoms with Gasteiger partial charge >= 0.3 is 6.03 Å². The molecule has 0 radical (unpaired) electrons. The highest BCUT2D eigenvalue weighted by molar-refractivity contribution is 5.74. The van der Waals surface area contributed by atoms with Gasteiger partial charge in [0.2, 0.25) is 0 Å². The van der Waals surface area contributed by atoms with Gasteiger partial charge in [-0.25, -0.2) is 9.78 Å². The number of nitrogens with one attached hydrogen (secondary N) is 1. The van der Waals surface area contributed by atoms with Crippen LogP contribution in [0.4, 0.5) is 4.79 Å². The lowest BCUT2D eigenvalue weighted by atomic mass is 10.2. The number of urea groups is 1. The second kappa shape index (κ2) is 9.03. The zero-order valence-corrected chi connectivity index (χ0v) is 15.1. The Morgan fingerprint density at radius 1 is 1.40 bits per heavy atom. The van der Waals surface area contributed by atoms with E-state index in [-0.39, 0.29) is 12.1 Å². The normalized spacial score (nSPS) is 11.8. The van der Waals surface area contributed by atoms with Gasteiger partial charge in [0.1, 0.15) is 17.9 Å². The minimum absolute atomic E-state index is 0.185. The highest BCUT2D eigenvalue weighted by Gasteiger charge is 2.19. The van der Waals surface area contributed by atoms with E-state index >= 15 is 0 Å². The van der Waals surface area contributed by atoms with E-state index in [2.05, 4.69) is 15.4 Å². The number of hydrogen-bond acceptors (Lipinski definition) is 5. The summed E-state index contributed by atoms with van der Waals surface area (Å²) in [6.07, 6.45) is 1.47. The molecule has 8 nitrogen and oxygen atoms in total. The van der Waals surface area contributed by atoms with Crippen molar-refractivity contribution in [2.45, 2.75) is 19.5 Å². The molecule has 0 aliphatic rings. The van der Waals surface area contributed by atoms with E-state index in [0.717, 1.165) is 11.3 Å². The predicted molar refractivity (Wildman–Crippen MR) is 93.2 cm³/mol. The van der Waals surface area contributed by atoms with Crippen LogP contribution in [0.3, 0.4) is 0 Å². The SMILES string of the molecule is COCCN(Cc1cccc(OC)c1)C(=O)N[C@@H](C)c1ncnn1C. The first-order chi connectivity index (χ1) is 12.0. The molecule has 2 amide bonds. The van der Waals surface area contributed by atoms with Crippen LogP contribution in [-0.2, 0) is 18.3 Å². The van der Waals surface area contributed by atoms with Crippen molar-refractivity contribution in [3.63, 3.8) is 0 Å². The minimum Gasteiger partial charge on any atom is -0.497 e. The fourth-order valence-electron chi connectivity index (χ4n) is 2.48. The molecule has 2 aromatic rings. The van der Waals surface area contributed by atoms with Crippen molar-refractivity contribution >= 4 is 6.03 Å². The number of benzene rings is 1. The van der Waals surface area contributed by atoms with Gasteiger partial charge < -0.3 is 19.7 Å². The van der Waals surface area contributed by atoms with E-state index < -0.39 is 0 Å². The molecule has 1 N–H and O–H groups in total. The van der Waals surface area contributed by atoms with Gasteiger partial charge in [-0.15, -0.1) is 0 Å². The Morgan fingerprint density at radius 3 is 2.84 bits per heavy atom. The number of methoxy groups -OCH3 is 2. The van der Waals surface area contributed by atoms with Crippen LogP contribution in [0.15, 0.2) is 30.6 Å². The summed E-state index contributed by atoms with van der Waals surface area (Å²) in [7, 11) is 5.03. The largest absolute Gasteiger partial charge is 0.497 e. The van der Waals surface area contributed by atoms with Crippen molar-refractivity contribution in [3.05, 3.63) is 42.0 Å². The highest BCUT2D eigenvalue weighted by atomic mass is 16.5. The molecular formula is C17H25N5O3. The number of nitrogens with zero attached hydrogens (tertiary/aromatic N) is 4. The number of hydrogen-bond donors (Lipinski definition) is 1. The Hall–Kier alpha value is -2.61. The zero-order valence-electron chi connectivity index (χ0n) is 15.1. The molecule has 136 valence electrons. The maximum Gasteiger partial charge on any atom is 0.318 e. The van der Waals surface area contributed by atoms with Crippen LogP contribution < -0.4 is 10.1 Å². The highest BCUT2D eigenvalue weighted by Crippen LogP contribution is 2.15. The summed E-state index contributed by atoms with van der Waals surface area (Å²) in [6, 6.07) is 7.22. The summed E-state index contributed by atoms with van der Waals surface area (Å²) in [6.45, 7) is 3.26. The van der Waals surface area contributed by atoms with Gasteiger partial charge in [-0.3, -0.25) is 4.68 Å². The van der Waals surface area contributed by atoms with Crippen molar-refractivity contribution in [1.29, 1.82) is 0 Å². The Morgan fingerprint density at radius 2 is 2.20 bits per heavy atom. The summed E-state index contributed by atoms with van der Waals surface area (Å²) in [5, 5.41) is 6.99. The van der Waals surface area contributed by atoms with Crippen LogP contribution >= 0.6 is 0 Å². The van der Waals surface area contributed by atoms with Gasteiger partial charge in [0.15, 0.2) is 0 Å². The van der Waals surface area contributed by atoms with E-state index in [4.69, 9.17) is 9.47 Å². The standard InChI is InChI=1S/C17H25N5O3/c1-13(16-18-12-19-21(16)2)20-17(23)22(8-9-24-3)11-14-6-5-7-15(10-14)25-4/h5-7,10,12-13H,8-9,11H2,1-4H3,(H,20,23)/t13-/m0/s1. The van der Waals surface area contributed by atoms with Crippen LogP contribution in [0, 0.1) is 0 Å². The molecule has 0 unspecified atom stereocenters. The van der Waals surface area contributed by atoms with Gasteiger partial charge in [-0.05, 0) is 24.6 Å². The number of aromatic nitrogens is 3. The second-order valence-electron chi connectivity index (χ2n) is 5.68. The van der Waals surface area contributed by atoms with Crippen LogP contribution in [0.25, 0.3) is 0 Å². The quantitative estimate of drug-likeness (QED) is 0.787. The molecule has 0 saturated carbocycles. The number of carbonyl (C=O) groups excluding carboxylic acids is 1. The number of amides is 2. The van der Waals surface area contributed by atoms with Crippen molar-refractivity contribution < 1.29 is 14.3 Å². The molecule has 1 aromatic heterocycles. The first-order valence-electron chi connectivity index (χ1n) is 8.06. The fraction of sp³-hybridized carbons (Fsp3) is 0.471. The molecule has 8 heteroatoms. The molecule has 0 fully saturated rings. The van der Waals surface area contributed by atoms with Gasteiger partial charge in [-0.2, -0.15) is 5.10 Å². The maximum absolute atomic E-state index is 12.7. The molecule has 0 aliphatic heterocycles. The van der Waals surface area contributed by atoms with Crippen molar-refractivity contribution in [1.82, 2.24) is 25.0 Å². The van der Waals surface area contributed by atoms with Gasteiger partial charge in [0.05, 0.1) is 19.8 Å². The molecule has 0 saturated heterocycles. The average Bonchev–Trinajstić information content (AvgIpc) is 3.04. The van der Waals surface area contributed by atoms with Crippen molar-refractivity contribution in [2.24, 2.45) is 7.05 Å². The van der Waals surface area contributed by atoms with E-state index in [9.17, 15) is 4.79 Å². The molecule has 1 heterocycles. The van der Waals surface area contributed by atoms with E-state index in [1.54, 1.807) is 30.8 Å². The Kier molecular flexibility index (Phi) is 6.76. The average molecular weight is 347 g/mol. The van der Waals surface area contributed by atoms with Crippen molar-refractivity contribution in [3.8, 4) is 5.75 Å². The van der Waals surface area contributed by atoms with Crippen LogP contribution in [0.1, 0.15) is 24.4 Å². The first kappa shape index (κ1) is 18.7. The van der Waals surface area contributed by atoms with Crippen molar-refractivity contribution in [2.75, 3.05) is 27.4 Å². The third kappa shape index (κ3) is 5.18. The fourth-order valence-corrected chi connectivity index (χ4v) is 2.48.